The van der Waals surface area contributed by atoms with Crippen LogP contribution in [-0.4, -0.2) is 32.0 Å². The van der Waals surface area contributed by atoms with Gasteiger partial charge in [-0.3, -0.25) is 0 Å². The third-order valence-corrected chi connectivity index (χ3v) is 10.4. The summed E-state index contributed by atoms with van der Waals surface area (Å²) in [5.41, 5.74) is 1.41. The third-order valence-electron chi connectivity index (χ3n) is 10.4. The molecule has 1 fully saturated rings. The van der Waals surface area contributed by atoms with Gasteiger partial charge < -0.3 is 23.7 Å². The van der Waals surface area contributed by atoms with E-state index in [2.05, 4.69) is 86.6 Å². The van der Waals surface area contributed by atoms with E-state index >= 15 is 0 Å². The number of benzene rings is 3. The summed E-state index contributed by atoms with van der Waals surface area (Å²) < 4.78 is 29.2. The van der Waals surface area contributed by atoms with Gasteiger partial charge in [-0.15, -0.1) is 0 Å². The second-order valence-corrected chi connectivity index (χ2v) is 15.2. The molecule has 1 aliphatic rings. The van der Waals surface area contributed by atoms with Crippen molar-refractivity contribution in [3.63, 3.8) is 0 Å². The number of rotatable bonds is 24. The van der Waals surface area contributed by atoms with Crippen molar-refractivity contribution in [2.45, 2.75) is 164 Å². The van der Waals surface area contributed by atoms with E-state index in [4.69, 9.17) is 23.7 Å². The van der Waals surface area contributed by atoms with Gasteiger partial charge in [-0.25, -0.2) is 0 Å². The highest BCUT2D eigenvalue weighted by atomic mass is 16.5. The fraction of sp³-hybridized carbons (Fsp3) is 0.633. The van der Waals surface area contributed by atoms with E-state index in [-0.39, 0.29) is 12.2 Å². The molecule has 5 heteroatoms. The maximum absolute atomic E-state index is 5.95. The zero-order valence-electron chi connectivity index (χ0n) is 35.9. The van der Waals surface area contributed by atoms with E-state index in [9.17, 15) is 0 Å². The summed E-state index contributed by atoms with van der Waals surface area (Å²) in [6, 6.07) is 24.5. The summed E-state index contributed by atoms with van der Waals surface area (Å²) in [6.45, 7) is 22.1. The number of hydrogen-bond acceptors (Lipinski definition) is 5. The van der Waals surface area contributed by atoms with E-state index in [0.29, 0.717) is 11.8 Å². The van der Waals surface area contributed by atoms with E-state index in [1.807, 2.05) is 48.5 Å². The Bertz CT molecular complexity index is 1330. The molecule has 3 aromatic rings. The monoisotopic (exact) mass is 747 g/mol. The predicted molar refractivity (Wildman–Crippen MR) is 230 cm³/mol. The number of ether oxygens (including phenoxy) is 5. The van der Waals surface area contributed by atoms with E-state index in [0.717, 1.165) is 67.3 Å². The largest absolute Gasteiger partial charge is 0.493 e. The Hall–Kier alpha value is -3.34. The van der Waals surface area contributed by atoms with Gasteiger partial charge in [-0.2, -0.15) is 0 Å². The van der Waals surface area contributed by atoms with Gasteiger partial charge in [0.25, 0.3) is 0 Å². The van der Waals surface area contributed by atoms with Crippen molar-refractivity contribution in [1.82, 2.24) is 0 Å². The average Bonchev–Trinajstić information content (AvgIpc) is 3.17. The molecular formula is C49H78O5. The summed E-state index contributed by atoms with van der Waals surface area (Å²) in [5.74, 6) is 6.81. The molecule has 0 N–H and O–H groups in total. The highest BCUT2D eigenvalue weighted by molar-refractivity contribution is 5.34. The van der Waals surface area contributed by atoms with Crippen molar-refractivity contribution < 1.29 is 23.7 Å². The first-order valence-electron chi connectivity index (χ1n) is 21.8. The van der Waals surface area contributed by atoms with Crippen molar-refractivity contribution in [1.29, 1.82) is 0 Å². The Kier molecular flexibility index (Phi) is 25.2. The molecule has 0 aromatic heterocycles. The van der Waals surface area contributed by atoms with Crippen LogP contribution in [0.2, 0.25) is 0 Å². The van der Waals surface area contributed by atoms with Gasteiger partial charge in [0, 0.05) is 12.1 Å². The van der Waals surface area contributed by atoms with Crippen LogP contribution < -0.4 is 23.7 Å². The fourth-order valence-corrected chi connectivity index (χ4v) is 6.03. The Balaban J connectivity index is 0.000000282. The van der Waals surface area contributed by atoms with Crippen LogP contribution >= 0.6 is 0 Å². The number of aryl methyl sites for hydroxylation is 1. The highest BCUT2D eigenvalue weighted by Crippen LogP contribution is 2.28. The molecule has 1 saturated carbocycles. The van der Waals surface area contributed by atoms with Gasteiger partial charge in [0.15, 0.2) is 0 Å². The minimum atomic E-state index is 0.248. The molecule has 0 radical (unpaired) electrons. The molecule has 304 valence electrons. The minimum absolute atomic E-state index is 0.248. The maximum atomic E-state index is 5.95. The Morgan fingerprint density at radius 3 is 1.46 bits per heavy atom. The summed E-state index contributed by atoms with van der Waals surface area (Å²) in [5, 5.41) is 0. The third kappa shape index (κ3) is 20.4. The number of unbranched alkanes of at least 4 members (excludes halogenated alkanes) is 1. The van der Waals surface area contributed by atoms with Crippen LogP contribution in [0.3, 0.4) is 0 Å². The lowest BCUT2D eigenvalue weighted by Gasteiger charge is -2.25. The van der Waals surface area contributed by atoms with Crippen LogP contribution in [-0.2, 0) is 6.42 Å². The van der Waals surface area contributed by atoms with Crippen molar-refractivity contribution in [3.8, 4) is 28.7 Å². The van der Waals surface area contributed by atoms with Crippen LogP contribution in [0, 0.1) is 17.8 Å². The molecule has 5 nitrogen and oxygen atoms in total. The van der Waals surface area contributed by atoms with Gasteiger partial charge in [0.1, 0.15) is 28.7 Å². The molecular weight excluding hydrogens is 669 g/mol. The summed E-state index contributed by atoms with van der Waals surface area (Å²) in [6.07, 6.45) is 17.6. The standard InChI is InChI=1S/C18H30O2.C16H26O2.C15H22O/c1-5-9-16(10-6-2)14-19-17-11-8-12-18(13-17)20-15(4)7-3;1-5-13(4)18-16-10-8-9-15(11-16)17-12-14(6-2)7-3;1-2-3-6-13-7-5-10-15(11-13)16-12-14-8-4-9-14/h8,11-13,15-16H,5-7,9-10,14H2,1-4H3;8-11,13-14H,5-7,12H2,1-4H3;5,7,10-11,14H,2-4,6,8-9,12H2,1H3/t15-;13-;/m00./s1. The van der Waals surface area contributed by atoms with Crippen LogP contribution in [0.4, 0.5) is 0 Å². The fourth-order valence-electron chi connectivity index (χ4n) is 6.03. The molecule has 0 saturated heterocycles. The van der Waals surface area contributed by atoms with Gasteiger partial charge in [0.2, 0.25) is 0 Å². The van der Waals surface area contributed by atoms with Crippen molar-refractivity contribution in [2.24, 2.45) is 17.8 Å². The van der Waals surface area contributed by atoms with Crippen molar-refractivity contribution in [3.05, 3.63) is 78.4 Å². The molecule has 0 bridgehead atoms. The molecule has 54 heavy (non-hydrogen) atoms. The molecule has 0 spiro atoms. The van der Waals surface area contributed by atoms with Crippen LogP contribution in [0.15, 0.2) is 72.8 Å². The van der Waals surface area contributed by atoms with Crippen LogP contribution in [0.5, 0.6) is 28.7 Å². The smallest absolute Gasteiger partial charge is 0.123 e. The zero-order chi connectivity index (χ0) is 39.4. The van der Waals surface area contributed by atoms with Gasteiger partial charge >= 0.3 is 0 Å². The number of hydrogen-bond donors (Lipinski definition) is 0. The molecule has 3 aromatic carbocycles. The summed E-state index contributed by atoms with van der Waals surface area (Å²) in [4.78, 5) is 0. The lowest BCUT2D eigenvalue weighted by molar-refractivity contribution is 0.180. The minimum Gasteiger partial charge on any atom is -0.493 e. The van der Waals surface area contributed by atoms with Crippen molar-refractivity contribution in [2.75, 3.05) is 19.8 Å². The molecule has 0 heterocycles. The first-order valence-corrected chi connectivity index (χ1v) is 21.8. The first-order chi connectivity index (χ1) is 26.3. The topological polar surface area (TPSA) is 46.2 Å². The molecule has 0 aliphatic heterocycles. The highest BCUT2D eigenvalue weighted by Gasteiger charge is 2.18. The zero-order valence-corrected chi connectivity index (χ0v) is 35.9. The van der Waals surface area contributed by atoms with Crippen LogP contribution in [0.25, 0.3) is 0 Å². The van der Waals surface area contributed by atoms with Crippen LogP contribution in [0.1, 0.15) is 151 Å². The second-order valence-electron chi connectivity index (χ2n) is 15.2. The van der Waals surface area contributed by atoms with E-state index < -0.39 is 0 Å². The molecule has 1 aliphatic carbocycles. The van der Waals surface area contributed by atoms with Gasteiger partial charge in [-0.05, 0) is 125 Å². The quantitative estimate of drug-likeness (QED) is 0.0913. The Labute approximate surface area is 331 Å². The summed E-state index contributed by atoms with van der Waals surface area (Å²) >= 11 is 0. The van der Waals surface area contributed by atoms with Gasteiger partial charge in [-0.1, -0.05) is 111 Å². The van der Waals surface area contributed by atoms with E-state index in [1.165, 1.54) is 82.6 Å². The molecule has 0 unspecified atom stereocenters. The molecule has 2 atom stereocenters. The Morgan fingerprint density at radius 2 is 1.02 bits per heavy atom. The predicted octanol–water partition coefficient (Wildman–Crippen LogP) is 14.3. The molecule has 4 rings (SSSR count). The lowest BCUT2D eigenvalue weighted by Crippen LogP contribution is -2.19. The average molecular weight is 747 g/mol. The van der Waals surface area contributed by atoms with E-state index in [1.54, 1.807) is 0 Å². The second kappa shape index (κ2) is 29.0. The SMILES string of the molecule is CCC(CC)COc1cccc(O[C@@H](C)CC)c1.CCCC(CCC)COc1cccc(O[C@@H](C)CC)c1.CCCCc1cccc(OCC2CCC2)c1. The summed E-state index contributed by atoms with van der Waals surface area (Å²) in [7, 11) is 0. The van der Waals surface area contributed by atoms with Crippen molar-refractivity contribution >= 4 is 0 Å². The normalized spacial score (nSPS) is 13.5. The maximum Gasteiger partial charge on any atom is 0.123 e. The Morgan fingerprint density at radius 1 is 0.537 bits per heavy atom. The first kappa shape index (κ1) is 46.8. The molecule has 0 amide bonds. The lowest BCUT2D eigenvalue weighted by atomic mass is 9.86. The van der Waals surface area contributed by atoms with Gasteiger partial charge in [0.05, 0.1) is 32.0 Å².